The summed E-state index contributed by atoms with van der Waals surface area (Å²) in [5.74, 6) is -0.0912. The van der Waals surface area contributed by atoms with E-state index in [2.05, 4.69) is 14.9 Å². The van der Waals surface area contributed by atoms with Crippen LogP contribution in [0.25, 0.3) is 11.3 Å². The van der Waals surface area contributed by atoms with E-state index >= 15 is 0 Å². The maximum atomic E-state index is 12.5. The predicted molar refractivity (Wildman–Crippen MR) is 116 cm³/mol. The normalized spacial score (nSPS) is 11.3. The Balaban J connectivity index is 1.56. The van der Waals surface area contributed by atoms with Crippen molar-refractivity contribution in [3.8, 4) is 11.3 Å². The van der Waals surface area contributed by atoms with Crippen LogP contribution in [-0.4, -0.2) is 44.0 Å². The molecular formula is C21H21N3O4S2. The summed E-state index contributed by atoms with van der Waals surface area (Å²) in [6.07, 6.45) is 0. The Kier molecular flexibility index (Phi) is 7.20. The highest BCUT2D eigenvalue weighted by Crippen LogP contribution is 2.20. The molecule has 3 aromatic rings. The number of nitrogens with one attached hydrogen (secondary N) is 1. The number of methoxy groups -OCH3 is 1. The molecule has 156 valence electrons. The fraction of sp³-hybridized carbons (Fsp3) is 0.190. The Bertz CT molecular complexity index is 1120. The molecule has 7 nitrogen and oxygen atoms in total. The number of sulfonamides is 1. The monoisotopic (exact) mass is 443 g/mol. The van der Waals surface area contributed by atoms with Crippen LogP contribution in [0, 0.1) is 6.92 Å². The number of nitrogens with zero attached hydrogens (tertiary/aromatic N) is 2. The van der Waals surface area contributed by atoms with Crippen LogP contribution in [0.4, 0.5) is 0 Å². The number of aromatic nitrogens is 2. The Morgan fingerprint density at radius 1 is 1.07 bits per heavy atom. The number of carbonyl (C=O) groups excluding carboxylic acids is 1. The van der Waals surface area contributed by atoms with E-state index in [1.54, 1.807) is 13.0 Å². The minimum atomic E-state index is -3.75. The summed E-state index contributed by atoms with van der Waals surface area (Å²) in [5.41, 5.74) is 2.64. The lowest BCUT2D eigenvalue weighted by atomic mass is 10.1. The summed E-state index contributed by atoms with van der Waals surface area (Å²) >= 11 is 1.40. The van der Waals surface area contributed by atoms with E-state index in [0.29, 0.717) is 16.3 Å². The fourth-order valence-electron chi connectivity index (χ4n) is 2.67. The van der Waals surface area contributed by atoms with E-state index in [-0.39, 0.29) is 17.0 Å². The van der Waals surface area contributed by atoms with E-state index in [0.717, 1.165) is 11.3 Å². The van der Waals surface area contributed by atoms with Gasteiger partial charge in [0.1, 0.15) is 5.03 Å². The van der Waals surface area contributed by atoms with Gasteiger partial charge >= 0.3 is 5.97 Å². The molecule has 0 unspecified atom stereocenters. The second-order valence-corrected chi connectivity index (χ2v) is 9.22. The van der Waals surface area contributed by atoms with Gasteiger partial charge in [0, 0.05) is 17.9 Å². The van der Waals surface area contributed by atoms with Crippen molar-refractivity contribution in [2.75, 3.05) is 19.4 Å². The van der Waals surface area contributed by atoms with Crippen LogP contribution in [0.1, 0.15) is 15.9 Å². The summed E-state index contributed by atoms with van der Waals surface area (Å²) in [6.45, 7) is 1.92. The van der Waals surface area contributed by atoms with Crippen LogP contribution in [0.15, 0.2) is 70.6 Å². The zero-order valence-corrected chi connectivity index (χ0v) is 18.2. The van der Waals surface area contributed by atoms with E-state index in [1.165, 1.54) is 31.0 Å². The molecule has 9 heteroatoms. The maximum absolute atomic E-state index is 12.5. The number of benzene rings is 2. The minimum absolute atomic E-state index is 0.0190. The number of rotatable bonds is 8. The second kappa shape index (κ2) is 9.84. The molecule has 0 aliphatic heterocycles. The van der Waals surface area contributed by atoms with E-state index in [4.69, 9.17) is 4.74 Å². The molecule has 1 N–H and O–H groups in total. The molecule has 0 aliphatic carbocycles. The Morgan fingerprint density at radius 3 is 2.50 bits per heavy atom. The number of ether oxygens (including phenoxy) is 1. The third-order valence-corrected chi connectivity index (χ3v) is 6.66. The first-order valence-corrected chi connectivity index (χ1v) is 11.6. The maximum Gasteiger partial charge on any atom is 0.338 e. The molecule has 0 saturated heterocycles. The van der Waals surface area contributed by atoms with Crippen LogP contribution in [-0.2, 0) is 14.8 Å². The molecular weight excluding hydrogens is 422 g/mol. The van der Waals surface area contributed by atoms with Crippen LogP contribution < -0.4 is 4.72 Å². The van der Waals surface area contributed by atoms with Gasteiger partial charge in [-0.05, 0) is 36.8 Å². The second-order valence-electron chi connectivity index (χ2n) is 6.34. The van der Waals surface area contributed by atoms with Gasteiger partial charge in [-0.1, -0.05) is 36.4 Å². The van der Waals surface area contributed by atoms with E-state index < -0.39 is 16.0 Å². The van der Waals surface area contributed by atoms with Crippen molar-refractivity contribution in [2.45, 2.75) is 16.8 Å². The molecule has 1 aromatic heterocycles. The highest BCUT2D eigenvalue weighted by atomic mass is 32.2. The molecule has 0 amide bonds. The van der Waals surface area contributed by atoms with E-state index in [9.17, 15) is 13.2 Å². The summed E-state index contributed by atoms with van der Waals surface area (Å²) in [7, 11) is -2.49. The molecule has 0 fully saturated rings. The molecule has 0 saturated carbocycles. The van der Waals surface area contributed by atoms with Gasteiger partial charge in [-0.25, -0.2) is 17.9 Å². The molecule has 1 heterocycles. The number of carbonyl (C=O) groups is 1. The number of hydrogen-bond donors (Lipinski definition) is 1. The Hall–Kier alpha value is -2.75. The van der Waals surface area contributed by atoms with Gasteiger partial charge in [0.2, 0.25) is 10.0 Å². The lowest BCUT2D eigenvalue weighted by Crippen LogP contribution is -2.26. The number of aryl methyl sites for hydroxylation is 1. The fourth-order valence-corrected chi connectivity index (χ4v) is 4.54. The Labute approximate surface area is 179 Å². The van der Waals surface area contributed by atoms with E-state index in [1.807, 2.05) is 42.5 Å². The van der Waals surface area contributed by atoms with Crippen LogP contribution in [0.3, 0.4) is 0 Å². The van der Waals surface area contributed by atoms with Gasteiger partial charge in [-0.15, -0.1) is 22.0 Å². The molecule has 0 bridgehead atoms. The van der Waals surface area contributed by atoms with Crippen molar-refractivity contribution in [3.63, 3.8) is 0 Å². The van der Waals surface area contributed by atoms with Crippen molar-refractivity contribution in [1.29, 1.82) is 0 Å². The largest absolute Gasteiger partial charge is 0.465 e. The average Bonchev–Trinajstić information content (AvgIpc) is 2.77. The van der Waals surface area contributed by atoms with Crippen LogP contribution in [0.2, 0.25) is 0 Å². The van der Waals surface area contributed by atoms with Gasteiger partial charge in [-0.2, -0.15) is 0 Å². The number of esters is 1. The molecule has 0 spiro atoms. The summed E-state index contributed by atoms with van der Waals surface area (Å²) < 4.78 is 32.3. The van der Waals surface area contributed by atoms with Crippen molar-refractivity contribution in [2.24, 2.45) is 0 Å². The quantitative estimate of drug-likeness (QED) is 0.324. The first-order valence-electron chi connectivity index (χ1n) is 9.11. The molecule has 0 aliphatic rings. The zero-order valence-electron chi connectivity index (χ0n) is 16.5. The van der Waals surface area contributed by atoms with Gasteiger partial charge in [-0.3, -0.25) is 0 Å². The molecule has 3 rings (SSSR count). The SMILES string of the molecule is COC(=O)c1cc(S(=O)(=O)NCCSc2ccc(-c3ccccc3)nn2)ccc1C. The van der Waals surface area contributed by atoms with Crippen molar-refractivity contribution in [3.05, 3.63) is 71.8 Å². The summed E-state index contributed by atoms with van der Waals surface area (Å²) in [4.78, 5) is 11.8. The minimum Gasteiger partial charge on any atom is -0.465 e. The van der Waals surface area contributed by atoms with Crippen molar-refractivity contribution >= 4 is 27.8 Å². The lowest BCUT2D eigenvalue weighted by Gasteiger charge is -2.09. The zero-order chi connectivity index (χ0) is 21.6. The summed E-state index contributed by atoms with van der Waals surface area (Å²) in [5, 5.41) is 9.10. The Morgan fingerprint density at radius 2 is 1.83 bits per heavy atom. The van der Waals surface area contributed by atoms with Gasteiger partial charge in [0.05, 0.1) is 23.3 Å². The lowest BCUT2D eigenvalue weighted by molar-refractivity contribution is 0.0599. The number of hydrogen-bond acceptors (Lipinski definition) is 7. The predicted octanol–water partition coefficient (Wildman–Crippen LogP) is 3.31. The van der Waals surface area contributed by atoms with Gasteiger partial charge in [0.15, 0.2) is 0 Å². The third-order valence-electron chi connectivity index (χ3n) is 4.28. The van der Waals surface area contributed by atoms with Crippen LogP contribution in [0.5, 0.6) is 0 Å². The van der Waals surface area contributed by atoms with Gasteiger partial charge in [0.25, 0.3) is 0 Å². The first-order chi connectivity index (χ1) is 14.4. The summed E-state index contributed by atoms with van der Waals surface area (Å²) in [6, 6.07) is 17.9. The molecule has 0 radical (unpaired) electrons. The number of thioether (sulfide) groups is 1. The highest BCUT2D eigenvalue weighted by Gasteiger charge is 2.18. The molecule has 30 heavy (non-hydrogen) atoms. The standard InChI is InChI=1S/C21H21N3O4S2/c1-15-8-9-17(14-18(15)21(25)28-2)30(26,27)22-12-13-29-20-11-10-19(23-24-20)16-6-4-3-5-7-16/h3-11,14,22H,12-13H2,1-2H3. The smallest absolute Gasteiger partial charge is 0.338 e. The van der Waals surface area contributed by atoms with Crippen molar-refractivity contribution < 1.29 is 17.9 Å². The van der Waals surface area contributed by atoms with Crippen LogP contribution >= 0.6 is 11.8 Å². The highest BCUT2D eigenvalue weighted by molar-refractivity contribution is 7.99. The topological polar surface area (TPSA) is 98.2 Å². The molecule has 0 atom stereocenters. The first kappa shape index (κ1) is 21.9. The third kappa shape index (κ3) is 5.44. The van der Waals surface area contributed by atoms with Gasteiger partial charge < -0.3 is 4.74 Å². The average molecular weight is 444 g/mol. The molecule has 2 aromatic carbocycles. The van der Waals surface area contributed by atoms with Crippen molar-refractivity contribution in [1.82, 2.24) is 14.9 Å².